The van der Waals surface area contributed by atoms with Crippen LogP contribution in [0.5, 0.6) is 5.75 Å². The molecule has 0 atom stereocenters. The number of esters is 1. The Hall–Kier alpha value is -1.36. The number of ether oxygens (including phenoxy) is 2. The molecule has 4 nitrogen and oxygen atoms in total. The fourth-order valence-corrected chi connectivity index (χ4v) is 1.61. The number of rotatable bonds is 5. The molecule has 0 bridgehead atoms. The molecule has 92 valence electrons. The molecule has 0 aliphatic rings. The number of hydrogen-bond acceptors (Lipinski definition) is 4. The van der Waals surface area contributed by atoms with E-state index < -0.39 is 11.8 Å². The molecular weight excluding hydrogens is 288 g/mol. The number of carbonyl (C=O) groups is 2. The van der Waals surface area contributed by atoms with Crippen LogP contribution in [0.4, 0.5) is 0 Å². The van der Waals surface area contributed by atoms with Gasteiger partial charge in [-0.1, -0.05) is 15.9 Å². The van der Waals surface area contributed by atoms with Gasteiger partial charge in [0.15, 0.2) is 0 Å². The molecule has 0 saturated heterocycles. The Balaban J connectivity index is 3.03. The van der Waals surface area contributed by atoms with Crippen molar-refractivity contribution in [1.29, 1.82) is 0 Å². The van der Waals surface area contributed by atoms with Gasteiger partial charge in [-0.2, -0.15) is 0 Å². The standard InChI is InChI=1S/C12H13BrO4/c1-3-16-10-7-8(13)5-6-9(10)11(14)12(15)17-4-2/h5-7H,3-4H2,1-2H3. The summed E-state index contributed by atoms with van der Waals surface area (Å²) in [5, 5.41) is 0. The lowest BCUT2D eigenvalue weighted by molar-refractivity contribution is -0.137. The molecule has 0 aromatic heterocycles. The zero-order valence-corrected chi connectivity index (χ0v) is 11.2. The number of halogens is 1. The summed E-state index contributed by atoms with van der Waals surface area (Å²) in [6.45, 7) is 4.04. The second kappa shape index (κ2) is 6.39. The van der Waals surface area contributed by atoms with Crippen LogP contribution >= 0.6 is 15.9 Å². The lowest BCUT2D eigenvalue weighted by atomic mass is 10.1. The first-order valence-electron chi connectivity index (χ1n) is 5.24. The van der Waals surface area contributed by atoms with Gasteiger partial charge in [0.1, 0.15) is 5.75 Å². The van der Waals surface area contributed by atoms with Gasteiger partial charge in [-0.15, -0.1) is 0 Å². The molecule has 0 aliphatic heterocycles. The van der Waals surface area contributed by atoms with Crippen LogP contribution < -0.4 is 4.74 Å². The molecule has 0 saturated carbocycles. The average molecular weight is 301 g/mol. The van der Waals surface area contributed by atoms with Gasteiger partial charge < -0.3 is 9.47 Å². The second-order valence-corrected chi connectivity index (χ2v) is 4.04. The fourth-order valence-electron chi connectivity index (χ4n) is 1.27. The molecule has 1 aromatic carbocycles. The van der Waals surface area contributed by atoms with Crippen LogP contribution in [0.1, 0.15) is 24.2 Å². The van der Waals surface area contributed by atoms with Crippen LogP contribution in [0.2, 0.25) is 0 Å². The summed E-state index contributed by atoms with van der Waals surface area (Å²) in [4.78, 5) is 23.1. The van der Waals surface area contributed by atoms with Crippen LogP contribution in [-0.4, -0.2) is 25.0 Å². The SMILES string of the molecule is CCOC(=O)C(=O)c1ccc(Br)cc1OCC. The van der Waals surface area contributed by atoms with Crippen molar-refractivity contribution in [2.45, 2.75) is 13.8 Å². The topological polar surface area (TPSA) is 52.6 Å². The van der Waals surface area contributed by atoms with E-state index in [1.807, 2.05) is 0 Å². The Labute approximate surface area is 108 Å². The molecule has 0 radical (unpaired) electrons. The van der Waals surface area contributed by atoms with E-state index in [9.17, 15) is 9.59 Å². The minimum Gasteiger partial charge on any atom is -0.493 e. The van der Waals surface area contributed by atoms with E-state index in [0.717, 1.165) is 4.47 Å². The predicted octanol–water partition coefficient (Wildman–Crippen LogP) is 2.59. The van der Waals surface area contributed by atoms with Gasteiger partial charge >= 0.3 is 5.97 Å². The highest BCUT2D eigenvalue weighted by Gasteiger charge is 2.21. The molecule has 17 heavy (non-hydrogen) atoms. The number of benzene rings is 1. The lowest BCUT2D eigenvalue weighted by Gasteiger charge is -2.09. The third-order valence-corrected chi connectivity index (χ3v) is 2.44. The smallest absolute Gasteiger partial charge is 0.379 e. The molecule has 0 unspecified atom stereocenters. The Kier molecular flexibility index (Phi) is 5.15. The van der Waals surface area contributed by atoms with Gasteiger partial charge in [0, 0.05) is 4.47 Å². The van der Waals surface area contributed by atoms with Gasteiger partial charge in [-0.05, 0) is 32.0 Å². The van der Waals surface area contributed by atoms with Gasteiger partial charge in [0.05, 0.1) is 18.8 Å². The van der Waals surface area contributed by atoms with Crippen molar-refractivity contribution in [2.24, 2.45) is 0 Å². The van der Waals surface area contributed by atoms with E-state index >= 15 is 0 Å². The van der Waals surface area contributed by atoms with Crippen molar-refractivity contribution in [3.05, 3.63) is 28.2 Å². The van der Waals surface area contributed by atoms with Crippen LogP contribution in [0, 0.1) is 0 Å². The first kappa shape index (κ1) is 13.7. The van der Waals surface area contributed by atoms with Crippen LogP contribution in [0.25, 0.3) is 0 Å². The molecule has 5 heteroatoms. The van der Waals surface area contributed by atoms with E-state index in [4.69, 9.17) is 4.74 Å². The average Bonchev–Trinajstić information content (AvgIpc) is 2.29. The Morgan fingerprint density at radius 3 is 2.53 bits per heavy atom. The van der Waals surface area contributed by atoms with Crippen molar-refractivity contribution in [3.63, 3.8) is 0 Å². The number of Topliss-reactive ketones (excluding diaryl/α,β-unsaturated/α-hetero) is 1. The number of ketones is 1. The first-order valence-corrected chi connectivity index (χ1v) is 6.03. The Morgan fingerprint density at radius 2 is 1.94 bits per heavy atom. The summed E-state index contributed by atoms with van der Waals surface area (Å²) < 4.78 is 10.8. The summed E-state index contributed by atoms with van der Waals surface area (Å²) >= 11 is 3.28. The zero-order valence-electron chi connectivity index (χ0n) is 9.66. The van der Waals surface area contributed by atoms with Gasteiger partial charge in [-0.25, -0.2) is 4.79 Å². The molecule has 0 spiro atoms. The van der Waals surface area contributed by atoms with E-state index in [0.29, 0.717) is 12.4 Å². The highest BCUT2D eigenvalue weighted by Crippen LogP contribution is 2.24. The van der Waals surface area contributed by atoms with Gasteiger partial charge in [0.25, 0.3) is 5.78 Å². The quantitative estimate of drug-likeness (QED) is 0.476. The molecular formula is C12H13BrO4. The summed E-state index contributed by atoms with van der Waals surface area (Å²) in [6.07, 6.45) is 0. The maximum Gasteiger partial charge on any atom is 0.379 e. The fraction of sp³-hybridized carbons (Fsp3) is 0.333. The minimum atomic E-state index is -0.865. The van der Waals surface area contributed by atoms with E-state index in [-0.39, 0.29) is 12.2 Å². The van der Waals surface area contributed by atoms with Crippen LogP contribution in [0.15, 0.2) is 22.7 Å². The molecule has 0 aliphatic carbocycles. The lowest BCUT2D eigenvalue weighted by Crippen LogP contribution is -2.18. The summed E-state index contributed by atoms with van der Waals surface area (Å²) in [7, 11) is 0. The zero-order chi connectivity index (χ0) is 12.8. The van der Waals surface area contributed by atoms with E-state index in [2.05, 4.69) is 20.7 Å². The van der Waals surface area contributed by atoms with Crippen molar-refractivity contribution in [3.8, 4) is 5.75 Å². The van der Waals surface area contributed by atoms with Crippen molar-refractivity contribution >= 4 is 27.7 Å². The largest absolute Gasteiger partial charge is 0.493 e. The maximum atomic E-state index is 11.8. The third kappa shape index (κ3) is 3.56. The van der Waals surface area contributed by atoms with Crippen LogP contribution in [0.3, 0.4) is 0 Å². The maximum absolute atomic E-state index is 11.8. The van der Waals surface area contributed by atoms with Crippen molar-refractivity contribution < 1.29 is 19.1 Å². The molecule has 0 amide bonds. The Bertz CT molecular complexity index is 429. The highest BCUT2D eigenvalue weighted by molar-refractivity contribution is 9.10. The first-order chi connectivity index (χ1) is 8.10. The molecule has 0 heterocycles. The molecule has 1 rings (SSSR count). The van der Waals surface area contributed by atoms with Crippen LogP contribution in [-0.2, 0) is 9.53 Å². The van der Waals surface area contributed by atoms with Gasteiger partial charge in [0.2, 0.25) is 0 Å². The molecule has 1 aromatic rings. The summed E-state index contributed by atoms with van der Waals surface area (Å²) in [6, 6.07) is 4.86. The second-order valence-electron chi connectivity index (χ2n) is 3.12. The predicted molar refractivity (Wildman–Crippen MR) is 66.3 cm³/mol. The molecule has 0 fully saturated rings. The minimum absolute atomic E-state index is 0.172. The van der Waals surface area contributed by atoms with E-state index in [1.54, 1.807) is 26.0 Å². The van der Waals surface area contributed by atoms with Crippen molar-refractivity contribution in [2.75, 3.05) is 13.2 Å². The monoisotopic (exact) mass is 300 g/mol. The summed E-state index contributed by atoms with van der Waals surface area (Å²) in [5.74, 6) is -1.18. The van der Waals surface area contributed by atoms with Crippen molar-refractivity contribution in [1.82, 2.24) is 0 Å². The Morgan fingerprint density at radius 1 is 1.24 bits per heavy atom. The third-order valence-electron chi connectivity index (χ3n) is 1.95. The highest BCUT2D eigenvalue weighted by atomic mass is 79.9. The number of hydrogen-bond donors (Lipinski definition) is 0. The van der Waals surface area contributed by atoms with E-state index in [1.165, 1.54) is 6.07 Å². The number of carbonyl (C=O) groups excluding carboxylic acids is 2. The normalized spacial score (nSPS) is 9.82. The summed E-state index contributed by atoms with van der Waals surface area (Å²) in [5.41, 5.74) is 0.216. The van der Waals surface area contributed by atoms with Gasteiger partial charge in [-0.3, -0.25) is 4.79 Å². The molecule has 0 N–H and O–H groups in total.